The molecule has 5 heteroatoms. The second-order valence-electron chi connectivity index (χ2n) is 3.52. The Morgan fingerprint density at radius 3 is 2.29 bits per heavy atom. The van der Waals surface area contributed by atoms with Crippen LogP contribution in [0.15, 0.2) is 18.2 Å². The molecule has 1 rings (SSSR count). The third kappa shape index (κ3) is 3.86. The normalized spacial score (nSPS) is 11.1. The lowest BCUT2D eigenvalue weighted by molar-refractivity contribution is -0.131. The van der Waals surface area contributed by atoms with Crippen molar-refractivity contribution >= 4 is 12.0 Å². The fourth-order valence-electron chi connectivity index (χ4n) is 1.52. The van der Waals surface area contributed by atoms with Gasteiger partial charge < -0.3 is 9.84 Å². The molecule has 1 N–H and O–H groups in total. The van der Waals surface area contributed by atoms with Crippen molar-refractivity contribution in [3.63, 3.8) is 0 Å². The first-order valence-electron chi connectivity index (χ1n) is 4.87. The molecule has 0 fully saturated rings. The van der Waals surface area contributed by atoms with Gasteiger partial charge in [0.15, 0.2) is 0 Å². The van der Waals surface area contributed by atoms with Crippen LogP contribution < -0.4 is 4.74 Å². The van der Waals surface area contributed by atoms with Crippen molar-refractivity contribution in [2.75, 3.05) is 0 Å². The van der Waals surface area contributed by atoms with Crippen LogP contribution in [0.25, 0.3) is 6.08 Å². The molecule has 0 bridgehead atoms. The maximum atomic E-state index is 12.0. The topological polar surface area (TPSA) is 46.5 Å². The molecule has 17 heavy (non-hydrogen) atoms. The van der Waals surface area contributed by atoms with Crippen LogP contribution in [-0.2, 0) is 4.79 Å². The average molecular weight is 242 g/mol. The number of ether oxygens (including phenoxy) is 1. The Labute approximate surface area is 97.3 Å². The number of carboxylic acids is 1. The molecule has 0 aliphatic rings. The molecular formula is C12H12F2O3. The van der Waals surface area contributed by atoms with E-state index in [4.69, 9.17) is 5.11 Å². The summed E-state index contributed by atoms with van der Waals surface area (Å²) in [5, 5.41) is 8.52. The third-order valence-electron chi connectivity index (χ3n) is 2.18. The number of rotatable bonds is 4. The van der Waals surface area contributed by atoms with Crippen molar-refractivity contribution < 1.29 is 23.4 Å². The highest BCUT2D eigenvalue weighted by Crippen LogP contribution is 2.24. The van der Waals surface area contributed by atoms with E-state index in [1.54, 1.807) is 13.8 Å². The number of aliphatic carboxylic acids is 1. The molecule has 92 valence electrons. The molecule has 0 radical (unpaired) electrons. The summed E-state index contributed by atoms with van der Waals surface area (Å²) in [6.07, 6.45) is 2.43. The molecule has 1 aromatic rings. The lowest BCUT2D eigenvalue weighted by atomic mass is 10.0. The first-order valence-corrected chi connectivity index (χ1v) is 4.87. The van der Waals surface area contributed by atoms with E-state index in [0.29, 0.717) is 16.7 Å². The summed E-state index contributed by atoms with van der Waals surface area (Å²) in [6.45, 7) is 0.536. The molecule has 0 aliphatic carbocycles. The zero-order valence-electron chi connectivity index (χ0n) is 9.41. The molecule has 1 aromatic carbocycles. The monoisotopic (exact) mass is 242 g/mol. The van der Waals surface area contributed by atoms with Crippen molar-refractivity contribution in [3.05, 3.63) is 34.9 Å². The third-order valence-corrected chi connectivity index (χ3v) is 2.18. The minimum Gasteiger partial charge on any atom is -0.478 e. The Bertz CT molecular complexity index is 430. The van der Waals surface area contributed by atoms with Gasteiger partial charge in [-0.15, -0.1) is 0 Å². The number of carbonyl (C=O) groups is 1. The number of halogens is 2. The molecule has 0 aromatic heterocycles. The van der Waals surface area contributed by atoms with Crippen LogP contribution in [0, 0.1) is 13.8 Å². The quantitative estimate of drug-likeness (QED) is 0.825. The highest BCUT2D eigenvalue weighted by atomic mass is 19.3. The van der Waals surface area contributed by atoms with E-state index < -0.39 is 12.6 Å². The van der Waals surface area contributed by atoms with Crippen molar-refractivity contribution in [1.29, 1.82) is 0 Å². The standard InChI is InChI=1S/C12H12F2O3/c1-7-5-9(17-12(13)14)6-8(2)10(7)3-4-11(15)16/h3-6,12H,1-2H3,(H,15,16)/b4-3+. The van der Waals surface area contributed by atoms with Gasteiger partial charge in [-0.2, -0.15) is 8.78 Å². The van der Waals surface area contributed by atoms with Crippen molar-refractivity contribution in [2.24, 2.45) is 0 Å². The van der Waals surface area contributed by atoms with E-state index in [-0.39, 0.29) is 5.75 Å². The highest BCUT2D eigenvalue weighted by Gasteiger charge is 2.08. The number of alkyl halides is 2. The molecule has 0 spiro atoms. The second kappa shape index (κ2) is 5.43. The second-order valence-corrected chi connectivity index (χ2v) is 3.52. The predicted molar refractivity (Wildman–Crippen MR) is 59.2 cm³/mol. The Balaban J connectivity index is 3.06. The zero-order chi connectivity index (χ0) is 13.0. The predicted octanol–water partition coefficient (Wildman–Crippen LogP) is 3.00. The Morgan fingerprint density at radius 1 is 1.35 bits per heavy atom. The lowest BCUT2D eigenvalue weighted by Crippen LogP contribution is -2.03. The van der Waals surface area contributed by atoms with Gasteiger partial charge in [-0.25, -0.2) is 4.79 Å². The van der Waals surface area contributed by atoms with Gasteiger partial charge in [0.1, 0.15) is 5.75 Å². The summed E-state index contributed by atoms with van der Waals surface area (Å²) in [5.74, 6) is -0.987. The number of carboxylic acid groups (broad SMARTS) is 1. The fraction of sp³-hybridized carbons (Fsp3) is 0.250. The number of aryl methyl sites for hydroxylation is 2. The number of hydrogen-bond donors (Lipinski definition) is 1. The zero-order valence-corrected chi connectivity index (χ0v) is 9.41. The molecular weight excluding hydrogens is 230 g/mol. The summed E-state index contributed by atoms with van der Waals surface area (Å²) >= 11 is 0. The smallest absolute Gasteiger partial charge is 0.387 e. The summed E-state index contributed by atoms with van der Waals surface area (Å²) in [5.41, 5.74) is 2.05. The molecule has 0 atom stereocenters. The molecule has 0 amide bonds. The largest absolute Gasteiger partial charge is 0.478 e. The van der Waals surface area contributed by atoms with Gasteiger partial charge in [0.25, 0.3) is 0 Å². The SMILES string of the molecule is Cc1cc(OC(F)F)cc(C)c1/C=C/C(=O)O. The summed E-state index contributed by atoms with van der Waals surface area (Å²) in [4.78, 5) is 10.4. The van der Waals surface area contributed by atoms with E-state index in [9.17, 15) is 13.6 Å². The van der Waals surface area contributed by atoms with Gasteiger partial charge in [-0.3, -0.25) is 0 Å². The Kier molecular flexibility index (Phi) is 4.20. The van der Waals surface area contributed by atoms with Gasteiger partial charge in [0, 0.05) is 6.08 Å². The number of benzene rings is 1. The molecule has 3 nitrogen and oxygen atoms in total. The lowest BCUT2D eigenvalue weighted by Gasteiger charge is -2.10. The van der Waals surface area contributed by atoms with Crippen LogP contribution in [0.5, 0.6) is 5.75 Å². The van der Waals surface area contributed by atoms with E-state index in [2.05, 4.69) is 4.74 Å². The van der Waals surface area contributed by atoms with Gasteiger partial charge in [-0.1, -0.05) is 0 Å². The molecule has 0 unspecified atom stereocenters. The fourth-order valence-corrected chi connectivity index (χ4v) is 1.52. The van der Waals surface area contributed by atoms with Gasteiger partial charge in [0.2, 0.25) is 0 Å². The average Bonchev–Trinajstić information content (AvgIpc) is 2.14. The molecule has 0 heterocycles. The van der Waals surface area contributed by atoms with Crippen LogP contribution in [0.3, 0.4) is 0 Å². The highest BCUT2D eigenvalue weighted by molar-refractivity contribution is 5.86. The van der Waals surface area contributed by atoms with Crippen molar-refractivity contribution in [1.82, 2.24) is 0 Å². The maximum absolute atomic E-state index is 12.0. The summed E-state index contributed by atoms with van der Waals surface area (Å²) in [7, 11) is 0. The number of hydrogen-bond acceptors (Lipinski definition) is 2. The summed E-state index contributed by atoms with van der Waals surface area (Å²) in [6, 6.07) is 2.89. The van der Waals surface area contributed by atoms with Crippen molar-refractivity contribution in [3.8, 4) is 5.75 Å². The minimum atomic E-state index is -2.87. The molecule has 0 aliphatic heterocycles. The Morgan fingerprint density at radius 2 is 1.88 bits per heavy atom. The first-order chi connectivity index (χ1) is 7.90. The molecule has 0 saturated carbocycles. The first kappa shape index (κ1) is 13.2. The Hall–Kier alpha value is -1.91. The van der Waals surface area contributed by atoms with Crippen LogP contribution in [0.4, 0.5) is 8.78 Å². The van der Waals surface area contributed by atoms with Crippen LogP contribution in [0.2, 0.25) is 0 Å². The van der Waals surface area contributed by atoms with Gasteiger partial charge in [-0.05, 0) is 48.7 Å². The van der Waals surface area contributed by atoms with Gasteiger partial charge >= 0.3 is 12.6 Å². The minimum absolute atomic E-state index is 0.0717. The maximum Gasteiger partial charge on any atom is 0.387 e. The van der Waals surface area contributed by atoms with Gasteiger partial charge in [0.05, 0.1) is 0 Å². The van der Waals surface area contributed by atoms with Crippen LogP contribution >= 0.6 is 0 Å². The molecule has 0 saturated heterocycles. The van der Waals surface area contributed by atoms with E-state index in [1.165, 1.54) is 18.2 Å². The van der Waals surface area contributed by atoms with E-state index in [1.807, 2.05) is 0 Å². The van der Waals surface area contributed by atoms with Crippen LogP contribution in [-0.4, -0.2) is 17.7 Å². The van der Waals surface area contributed by atoms with Crippen LogP contribution in [0.1, 0.15) is 16.7 Å². The van der Waals surface area contributed by atoms with E-state index in [0.717, 1.165) is 6.08 Å². The van der Waals surface area contributed by atoms with Crippen molar-refractivity contribution in [2.45, 2.75) is 20.5 Å². The van der Waals surface area contributed by atoms with E-state index >= 15 is 0 Å². The summed E-state index contributed by atoms with van der Waals surface area (Å²) < 4.78 is 28.3.